The summed E-state index contributed by atoms with van der Waals surface area (Å²) >= 11 is 0. The zero-order valence-corrected chi connectivity index (χ0v) is 11.3. The van der Waals surface area contributed by atoms with Gasteiger partial charge < -0.3 is 20.5 Å². The van der Waals surface area contributed by atoms with Crippen molar-refractivity contribution in [3.63, 3.8) is 0 Å². The third-order valence-electron chi connectivity index (χ3n) is 3.31. The van der Waals surface area contributed by atoms with Crippen LogP contribution in [0.1, 0.15) is 38.5 Å². The van der Waals surface area contributed by atoms with E-state index >= 15 is 0 Å². The Labute approximate surface area is 109 Å². The highest BCUT2D eigenvalue weighted by molar-refractivity contribution is 5.76. The molecule has 18 heavy (non-hydrogen) atoms. The van der Waals surface area contributed by atoms with E-state index in [0.29, 0.717) is 25.6 Å². The van der Waals surface area contributed by atoms with Crippen LogP contribution in [0, 0.1) is 0 Å². The molecule has 5 heteroatoms. The van der Waals surface area contributed by atoms with Crippen molar-refractivity contribution in [3.8, 4) is 0 Å². The normalized spacial score (nSPS) is 17.9. The molecule has 0 saturated heterocycles. The summed E-state index contributed by atoms with van der Waals surface area (Å²) in [5.74, 6) is -0.00633. The van der Waals surface area contributed by atoms with Gasteiger partial charge in [0, 0.05) is 26.8 Å². The van der Waals surface area contributed by atoms with E-state index in [2.05, 4.69) is 5.32 Å². The van der Waals surface area contributed by atoms with Gasteiger partial charge in [0.05, 0.1) is 18.6 Å². The molecular formula is C13H26N2O3. The van der Waals surface area contributed by atoms with E-state index in [9.17, 15) is 4.79 Å². The number of hydrogen-bond acceptors (Lipinski definition) is 4. The highest BCUT2D eigenvalue weighted by atomic mass is 16.5. The van der Waals surface area contributed by atoms with Crippen molar-refractivity contribution >= 4 is 5.91 Å². The minimum absolute atomic E-state index is 0.00633. The van der Waals surface area contributed by atoms with Gasteiger partial charge in [-0.3, -0.25) is 4.79 Å². The van der Waals surface area contributed by atoms with Gasteiger partial charge in [-0.25, -0.2) is 0 Å². The second kappa shape index (κ2) is 9.30. The van der Waals surface area contributed by atoms with Crippen LogP contribution in [0.25, 0.3) is 0 Å². The highest BCUT2D eigenvalue weighted by Gasteiger charge is 2.15. The Balaban J connectivity index is 1.94. The minimum atomic E-state index is -0.181. The fraction of sp³-hybridized carbons (Fsp3) is 0.923. The molecule has 0 aromatic carbocycles. The number of methoxy groups -OCH3 is 1. The topological polar surface area (TPSA) is 73.6 Å². The molecule has 0 aliphatic heterocycles. The second-order valence-electron chi connectivity index (χ2n) is 4.78. The van der Waals surface area contributed by atoms with Crippen molar-refractivity contribution in [1.82, 2.24) is 5.32 Å². The first-order valence-electron chi connectivity index (χ1n) is 6.87. The van der Waals surface area contributed by atoms with Gasteiger partial charge in [-0.05, 0) is 19.3 Å². The maximum absolute atomic E-state index is 11.5. The Morgan fingerprint density at radius 1 is 1.44 bits per heavy atom. The number of ether oxygens (including phenoxy) is 2. The Morgan fingerprint density at radius 2 is 2.17 bits per heavy atom. The smallest absolute Gasteiger partial charge is 0.222 e. The molecule has 5 nitrogen and oxygen atoms in total. The van der Waals surface area contributed by atoms with E-state index in [4.69, 9.17) is 15.2 Å². The maximum atomic E-state index is 11.5. The molecule has 3 N–H and O–H groups in total. The molecule has 0 aromatic heterocycles. The number of carbonyl (C=O) groups is 1. The first-order valence-corrected chi connectivity index (χ1v) is 6.87. The van der Waals surface area contributed by atoms with Crippen LogP contribution in [0.15, 0.2) is 0 Å². The summed E-state index contributed by atoms with van der Waals surface area (Å²) in [4.78, 5) is 11.5. The van der Waals surface area contributed by atoms with Crippen LogP contribution < -0.4 is 11.1 Å². The Kier molecular flexibility index (Phi) is 7.96. The van der Waals surface area contributed by atoms with E-state index in [1.54, 1.807) is 7.11 Å². The average Bonchev–Trinajstić information content (AvgIpc) is 2.88. The van der Waals surface area contributed by atoms with Crippen LogP contribution in [0.3, 0.4) is 0 Å². The first kappa shape index (κ1) is 15.4. The molecule has 1 amide bonds. The van der Waals surface area contributed by atoms with E-state index in [1.165, 1.54) is 25.7 Å². The summed E-state index contributed by atoms with van der Waals surface area (Å²) in [5, 5.41) is 2.85. The molecular weight excluding hydrogens is 232 g/mol. The lowest BCUT2D eigenvalue weighted by Gasteiger charge is -2.13. The average molecular weight is 258 g/mol. The fourth-order valence-corrected chi connectivity index (χ4v) is 2.15. The standard InChI is InChI=1S/C13H26N2O3/c1-17-12(10-14)9-13(16)15-7-4-8-18-11-5-2-3-6-11/h11-12H,2-10,14H2,1H3,(H,15,16). The van der Waals surface area contributed by atoms with Gasteiger partial charge in [0.1, 0.15) is 0 Å². The molecule has 1 aliphatic rings. The van der Waals surface area contributed by atoms with Gasteiger partial charge in [0.15, 0.2) is 0 Å². The van der Waals surface area contributed by atoms with Crippen molar-refractivity contribution in [2.45, 2.75) is 50.7 Å². The molecule has 1 aliphatic carbocycles. The van der Waals surface area contributed by atoms with Crippen LogP contribution in [0.2, 0.25) is 0 Å². The number of carbonyl (C=O) groups excluding carboxylic acids is 1. The number of nitrogens with two attached hydrogens (primary N) is 1. The van der Waals surface area contributed by atoms with Gasteiger partial charge in [-0.15, -0.1) is 0 Å². The molecule has 1 fully saturated rings. The fourth-order valence-electron chi connectivity index (χ4n) is 2.15. The number of amides is 1. The van der Waals surface area contributed by atoms with Crippen molar-refractivity contribution in [1.29, 1.82) is 0 Å². The lowest BCUT2D eigenvalue weighted by Crippen LogP contribution is -2.33. The van der Waals surface area contributed by atoms with Crippen LogP contribution in [-0.2, 0) is 14.3 Å². The maximum Gasteiger partial charge on any atom is 0.222 e. The largest absolute Gasteiger partial charge is 0.380 e. The van der Waals surface area contributed by atoms with Gasteiger partial charge in [-0.1, -0.05) is 12.8 Å². The molecule has 0 aromatic rings. The minimum Gasteiger partial charge on any atom is -0.380 e. The molecule has 1 saturated carbocycles. The number of nitrogens with one attached hydrogen (secondary N) is 1. The van der Waals surface area contributed by atoms with Crippen LogP contribution in [-0.4, -0.2) is 44.9 Å². The first-order chi connectivity index (χ1) is 8.76. The van der Waals surface area contributed by atoms with E-state index in [-0.39, 0.29) is 12.0 Å². The predicted molar refractivity (Wildman–Crippen MR) is 70.3 cm³/mol. The molecule has 106 valence electrons. The SMILES string of the molecule is COC(CN)CC(=O)NCCCOC1CCCC1. The molecule has 0 spiro atoms. The van der Waals surface area contributed by atoms with Crippen LogP contribution in [0.4, 0.5) is 0 Å². The molecule has 1 unspecified atom stereocenters. The lowest BCUT2D eigenvalue weighted by molar-refractivity contribution is -0.123. The zero-order chi connectivity index (χ0) is 13.2. The van der Waals surface area contributed by atoms with E-state index < -0.39 is 0 Å². The third kappa shape index (κ3) is 6.33. The monoisotopic (exact) mass is 258 g/mol. The molecule has 1 rings (SSSR count). The summed E-state index contributed by atoms with van der Waals surface area (Å²) in [5.41, 5.74) is 5.45. The van der Waals surface area contributed by atoms with Crippen LogP contribution >= 0.6 is 0 Å². The quantitative estimate of drug-likeness (QED) is 0.600. The zero-order valence-electron chi connectivity index (χ0n) is 11.3. The van der Waals surface area contributed by atoms with E-state index in [1.807, 2.05) is 0 Å². The van der Waals surface area contributed by atoms with Crippen LogP contribution in [0.5, 0.6) is 0 Å². The van der Waals surface area contributed by atoms with E-state index in [0.717, 1.165) is 13.0 Å². The lowest BCUT2D eigenvalue weighted by atomic mass is 10.2. The summed E-state index contributed by atoms with van der Waals surface area (Å²) < 4.78 is 10.8. The van der Waals surface area contributed by atoms with Crippen molar-refractivity contribution < 1.29 is 14.3 Å². The Hall–Kier alpha value is -0.650. The Morgan fingerprint density at radius 3 is 2.78 bits per heavy atom. The molecule has 0 radical (unpaired) electrons. The van der Waals surface area contributed by atoms with Crippen molar-refractivity contribution in [3.05, 3.63) is 0 Å². The Bertz CT molecular complexity index is 226. The number of rotatable bonds is 9. The molecule has 1 atom stereocenters. The summed E-state index contributed by atoms with van der Waals surface area (Å²) in [6, 6.07) is 0. The summed E-state index contributed by atoms with van der Waals surface area (Å²) in [6.07, 6.45) is 6.43. The second-order valence-corrected chi connectivity index (χ2v) is 4.78. The van der Waals surface area contributed by atoms with Gasteiger partial charge >= 0.3 is 0 Å². The van der Waals surface area contributed by atoms with Crippen molar-refractivity contribution in [2.24, 2.45) is 5.73 Å². The van der Waals surface area contributed by atoms with Gasteiger partial charge in [0.2, 0.25) is 5.91 Å². The number of hydrogen-bond donors (Lipinski definition) is 2. The highest BCUT2D eigenvalue weighted by Crippen LogP contribution is 2.20. The van der Waals surface area contributed by atoms with Gasteiger partial charge in [0.25, 0.3) is 0 Å². The third-order valence-corrected chi connectivity index (χ3v) is 3.31. The summed E-state index contributed by atoms with van der Waals surface area (Å²) in [6.45, 7) is 1.76. The predicted octanol–water partition coefficient (Wildman–Crippen LogP) is 0.816. The summed E-state index contributed by atoms with van der Waals surface area (Å²) in [7, 11) is 1.57. The molecule has 0 heterocycles. The molecule has 0 bridgehead atoms. The van der Waals surface area contributed by atoms with Gasteiger partial charge in [-0.2, -0.15) is 0 Å². The van der Waals surface area contributed by atoms with Crippen molar-refractivity contribution in [2.75, 3.05) is 26.8 Å².